The van der Waals surface area contributed by atoms with Crippen LogP contribution in [0.2, 0.25) is 0 Å². The summed E-state index contributed by atoms with van der Waals surface area (Å²) in [6, 6.07) is 13.2. The van der Waals surface area contributed by atoms with E-state index in [2.05, 4.69) is 48.7 Å². The van der Waals surface area contributed by atoms with Crippen molar-refractivity contribution in [1.29, 1.82) is 0 Å². The van der Waals surface area contributed by atoms with Crippen LogP contribution in [0, 0.1) is 6.92 Å². The van der Waals surface area contributed by atoms with Gasteiger partial charge in [-0.2, -0.15) is 0 Å². The van der Waals surface area contributed by atoms with Gasteiger partial charge < -0.3 is 0 Å². The second-order valence-electron chi connectivity index (χ2n) is 3.63. The third-order valence-corrected chi connectivity index (χ3v) is 3.53. The van der Waals surface area contributed by atoms with Crippen LogP contribution in [0.4, 0.5) is 0 Å². The minimum absolute atomic E-state index is 1.32. The Bertz CT molecular complexity index is 563. The fourth-order valence-corrected chi connectivity index (χ4v) is 2.84. The summed E-state index contributed by atoms with van der Waals surface area (Å²) < 4.78 is 1.41. The van der Waals surface area contributed by atoms with Gasteiger partial charge in [-0.15, -0.1) is 11.3 Å². The minimum Gasteiger partial charge on any atom is -0.143 e. The molecular weight excluding hydrogens is 188 g/mol. The monoisotopic (exact) mass is 198 g/mol. The zero-order valence-electron chi connectivity index (χ0n) is 7.95. The molecule has 68 valence electrons. The van der Waals surface area contributed by atoms with Gasteiger partial charge in [-0.1, -0.05) is 29.8 Å². The fraction of sp³-hybridized carbons (Fsp3) is 0.0769. The molecule has 1 heterocycles. The Hall–Kier alpha value is -1.34. The molecule has 0 unspecified atom stereocenters. The van der Waals surface area contributed by atoms with Crippen LogP contribution in [-0.4, -0.2) is 0 Å². The highest BCUT2D eigenvalue weighted by atomic mass is 32.1. The maximum absolute atomic E-state index is 2.27. The first-order valence-corrected chi connectivity index (χ1v) is 5.59. The van der Waals surface area contributed by atoms with E-state index in [9.17, 15) is 0 Å². The molecule has 1 heteroatoms. The number of fused-ring (bicyclic) bond motifs is 3. The van der Waals surface area contributed by atoms with Crippen molar-refractivity contribution in [2.75, 3.05) is 0 Å². The summed E-state index contributed by atoms with van der Waals surface area (Å²) in [5.41, 5.74) is 4.05. The number of rotatable bonds is 0. The summed E-state index contributed by atoms with van der Waals surface area (Å²) in [5.74, 6) is 0. The maximum Gasteiger partial charge on any atom is 0.0421 e. The van der Waals surface area contributed by atoms with E-state index >= 15 is 0 Å². The van der Waals surface area contributed by atoms with Crippen LogP contribution in [0.5, 0.6) is 0 Å². The highest BCUT2D eigenvalue weighted by Gasteiger charge is 2.08. The van der Waals surface area contributed by atoms with Crippen molar-refractivity contribution in [1.82, 2.24) is 0 Å². The van der Waals surface area contributed by atoms with Crippen LogP contribution >= 0.6 is 11.3 Å². The van der Waals surface area contributed by atoms with E-state index in [1.54, 1.807) is 0 Å². The minimum atomic E-state index is 1.32. The number of thiophene rings is 1. The van der Waals surface area contributed by atoms with Gasteiger partial charge in [0.05, 0.1) is 0 Å². The molecule has 0 spiro atoms. The molecule has 0 fully saturated rings. The Morgan fingerprint density at radius 3 is 2.93 bits per heavy atom. The quantitative estimate of drug-likeness (QED) is 0.505. The van der Waals surface area contributed by atoms with Crippen LogP contribution in [0.3, 0.4) is 0 Å². The Morgan fingerprint density at radius 1 is 1.07 bits per heavy atom. The van der Waals surface area contributed by atoms with Gasteiger partial charge in [-0.3, -0.25) is 0 Å². The first-order valence-electron chi connectivity index (χ1n) is 4.71. The van der Waals surface area contributed by atoms with Gasteiger partial charge >= 0.3 is 0 Å². The smallest absolute Gasteiger partial charge is 0.0421 e. The first kappa shape index (κ1) is 8.01. The lowest BCUT2D eigenvalue weighted by atomic mass is 10.2. The molecule has 0 aromatic carbocycles. The summed E-state index contributed by atoms with van der Waals surface area (Å²) in [5, 5.41) is 3.53. The predicted molar refractivity (Wildman–Crippen MR) is 63.2 cm³/mol. The summed E-state index contributed by atoms with van der Waals surface area (Å²) >= 11 is 1.82. The maximum atomic E-state index is 2.27. The van der Waals surface area contributed by atoms with E-state index in [-0.39, 0.29) is 0 Å². The van der Waals surface area contributed by atoms with E-state index in [1.807, 2.05) is 11.3 Å². The third kappa shape index (κ3) is 1.06. The van der Waals surface area contributed by atoms with Crippen molar-refractivity contribution in [3.05, 3.63) is 47.3 Å². The van der Waals surface area contributed by atoms with Crippen LogP contribution in [-0.2, 0) is 0 Å². The van der Waals surface area contributed by atoms with E-state index in [4.69, 9.17) is 0 Å². The van der Waals surface area contributed by atoms with Gasteiger partial charge in [0.25, 0.3) is 0 Å². The molecule has 0 N–H and O–H groups in total. The standard InChI is InChI=1S/C13H10S/c1-9-3-2-4-12-11(7-9)8-10-5-6-14-13(10)12/h2-8H,1H3. The molecule has 0 aliphatic heterocycles. The van der Waals surface area contributed by atoms with Crippen molar-refractivity contribution < 1.29 is 0 Å². The molecule has 0 amide bonds. The van der Waals surface area contributed by atoms with Crippen molar-refractivity contribution in [3.8, 4) is 11.1 Å². The summed E-state index contributed by atoms with van der Waals surface area (Å²) in [6.45, 7) is 2.14. The van der Waals surface area contributed by atoms with Crippen molar-refractivity contribution in [2.24, 2.45) is 0 Å². The Balaban J connectivity index is 2.49. The fourth-order valence-electron chi connectivity index (χ4n) is 1.91. The lowest BCUT2D eigenvalue weighted by Gasteiger charge is -1.90. The van der Waals surface area contributed by atoms with Gasteiger partial charge in [0, 0.05) is 4.70 Å². The van der Waals surface area contributed by atoms with E-state index < -0.39 is 0 Å². The summed E-state index contributed by atoms with van der Waals surface area (Å²) in [4.78, 5) is 0. The third-order valence-electron chi connectivity index (χ3n) is 2.57. The van der Waals surface area contributed by atoms with Crippen molar-refractivity contribution >= 4 is 21.4 Å². The van der Waals surface area contributed by atoms with Crippen molar-refractivity contribution in [2.45, 2.75) is 6.92 Å². The molecule has 14 heavy (non-hydrogen) atoms. The summed E-state index contributed by atoms with van der Waals surface area (Å²) in [7, 11) is 0. The lowest BCUT2D eigenvalue weighted by Crippen LogP contribution is -1.65. The van der Waals surface area contributed by atoms with Crippen LogP contribution in [0.15, 0.2) is 41.8 Å². The number of hydrogen-bond acceptors (Lipinski definition) is 1. The molecule has 1 aromatic rings. The molecule has 0 radical (unpaired) electrons. The molecule has 1 aromatic heterocycles. The zero-order valence-corrected chi connectivity index (χ0v) is 8.77. The highest BCUT2D eigenvalue weighted by Crippen LogP contribution is 2.37. The first-order chi connectivity index (χ1) is 6.84. The van der Waals surface area contributed by atoms with Crippen LogP contribution in [0.1, 0.15) is 5.56 Å². The topological polar surface area (TPSA) is 0 Å². The lowest BCUT2D eigenvalue weighted by molar-refractivity contribution is 1.52. The largest absolute Gasteiger partial charge is 0.143 e. The number of hydrogen-bond donors (Lipinski definition) is 0. The van der Waals surface area contributed by atoms with Gasteiger partial charge in [0.1, 0.15) is 0 Å². The molecule has 0 nitrogen and oxygen atoms in total. The zero-order chi connectivity index (χ0) is 9.54. The van der Waals surface area contributed by atoms with Crippen LogP contribution < -0.4 is 0 Å². The van der Waals surface area contributed by atoms with Crippen LogP contribution in [0.25, 0.3) is 21.2 Å². The molecule has 0 atom stereocenters. The average molecular weight is 198 g/mol. The van der Waals surface area contributed by atoms with Gasteiger partial charge in [-0.05, 0) is 40.9 Å². The Labute approximate surface area is 87.2 Å². The van der Waals surface area contributed by atoms with E-state index in [0.717, 1.165) is 0 Å². The highest BCUT2D eigenvalue weighted by molar-refractivity contribution is 7.17. The SMILES string of the molecule is Cc1cccc2c3sccc3cc-2c1. The van der Waals surface area contributed by atoms with Gasteiger partial charge in [0.2, 0.25) is 0 Å². The van der Waals surface area contributed by atoms with Gasteiger partial charge in [-0.25, -0.2) is 0 Å². The second kappa shape index (κ2) is 2.82. The normalized spacial score (nSPS) is 11.2. The molecular formula is C13H10S. The predicted octanol–water partition coefficient (Wildman–Crippen LogP) is 4.31. The van der Waals surface area contributed by atoms with E-state index in [0.29, 0.717) is 0 Å². The Kier molecular flexibility index (Phi) is 1.62. The average Bonchev–Trinajstić information content (AvgIpc) is 2.64. The molecule has 0 saturated heterocycles. The molecule has 0 bridgehead atoms. The molecule has 0 saturated carbocycles. The molecule has 2 aliphatic rings. The van der Waals surface area contributed by atoms with E-state index in [1.165, 1.54) is 26.8 Å². The van der Waals surface area contributed by atoms with Gasteiger partial charge in [0.15, 0.2) is 0 Å². The molecule has 3 rings (SSSR count). The molecule has 2 aliphatic carbocycles. The Morgan fingerprint density at radius 2 is 2.00 bits per heavy atom. The number of aryl methyl sites for hydroxylation is 1. The summed E-state index contributed by atoms with van der Waals surface area (Å²) in [6.07, 6.45) is 0. The second-order valence-corrected chi connectivity index (χ2v) is 4.55. The van der Waals surface area contributed by atoms with Crippen molar-refractivity contribution in [3.63, 3.8) is 0 Å².